The molecule has 1 heterocycles. The fraction of sp³-hybridized carbons (Fsp3) is 0.308. The third-order valence-electron chi connectivity index (χ3n) is 2.60. The van der Waals surface area contributed by atoms with Crippen molar-refractivity contribution in [2.45, 2.75) is 13.2 Å². The monoisotopic (exact) mass is 248 g/mol. The van der Waals surface area contributed by atoms with Crippen LogP contribution >= 0.6 is 0 Å². The van der Waals surface area contributed by atoms with Gasteiger partial charge in [0.05, 0.1) is 13.7 Å². The molecule has 0 spiro atoms. The third-order valence-corrected chi connectivity index (χ3v) is 2.60. The van der Waals surface area contributed by atoms with E-state index < -0.39 is 0 Å². The first-order valence-electron chi connectivity index (χ1n) is 5.71. The van der Waals surface area contributed by atoms with Crippen LogP contribution in [0.25, 0.3) is 0 Å². The van der Waals surface area contributed by atoms with Crippen LogP contribution in [0.2, 0.25) is 0 Å². The highest BCUT2D eigenvalue weighted by Crippen LogP contribution is 2.16. The molecule has 0 radical (unpaired) electrons. The predicted octanol–water partition coefficient (Wildman–Crippen LogP) is 1.46. The van der Waals surface area contributed by atoms with Crippen LogP contribution in [0.15, 0.2) is 36.7 Å². The number of methoxy groups -OCH3 is 1. The molecule has 0 unspecified atom stereocenters. The molecule has 0 aliphatic heterocycles. The van der Waals surface area contributed by atoms with E-state index in [1.54, 1.807) is 13.3 Å². The number of aliphatic hydroxyl groups is 1. The van der Waals surface area contributed by atoms with Crippen molar-refractivity contribution in [3.05, 3.63) is 42.5 Å². The molecule has 96 valence electrons. The number of aliphatic hydroxyl groups excluding tert-OH is 1. The van der Waals surface area contributed by atoms with Crippen molar-refractivity contribution in [2.75, 3.05) is 13.7 Å². The van der Waals surface area contributed by atoms with Gasteiger partial charge >= 0.3 is 0 Å². The van der Waals surface area contributed by atoms with Gasteiger partial charge in [0.25, 0.3) is 0 Å². The first-order valence-corrected chi connectivity index (χ1v) is 5.71. The quantitative estimate of drug-likeness (QED) is 0.841. The van der Waals surface area contributed by atoms with Crippen LogP contribution in [0.3, 0.4) is 0 Å². The van der Waals surface area contributed by atoms with Crippen molar-refractivity contribution < 1.29 is 14.6 Å². The van der Waals surface area contributed by atoms with Crippen LogP contribution in [0.1, 0.15) is 5.82 Å². The molecular weight excluding hydrogens is 232 g/mol. The minimum Gasteiger partial charge on any atom is -0.497 e. The summed E-state index contributed by atoms with van der Waals surface area (Å²) in [6.45, 7) is 1.12. The number of imidazole rings is 1. The van der Waals surface area contributed by atoms with E-state index in [0.717, 1.165) is 11.5 Å². The standard InChI is InChI=1S/C13H16N2O3/c1-17-11-2-4-12(5-3-11)18-9-8-15-7-6-14-13(15)10-16/h2-7,16H,8-10H2,1H3. The third kappa shape index (κ3) is 3.01. The Morgan fingerprint density at radius 3 is 2.61 bits per heavy atom. The van der Waals surface area contributed by atoms with Gasteiger partial charge in [0, 0.05) is 12.4 Å². The highest BCUT2D eigenvalue weighted by Gasteiger charge is 2.01. The van der Waals surface area contributed by atoms with Gasteiger partial charge in [-0.25, -0.2) is 4.98 Å². The van der Waals surface area contributed by atoms with Crippen molar-refractivity contribution in [3.63, 3.8) is 0 Å². The molecule has 0 bridgehead atoms. The number of ether oxygens (including phenoxy) is 2. The maximum absolute atomic E-state index is 9.04. The van der Waals surface area contributed by atoms with E-state index in [9.17, 15) is 0 Å². The summed E-state index contributed by atoms with van der Waals surface area (Å²) in [6, 6.07) is 7.43. The van der Waals surface area contributed by atoms with Crippen LogP contribution in [-0.4, -0.2) is 28.4 Å². The minimum absolute atomic E-state index is 0.0600. The highest BCUT2D eigenvalue weighted by atomic mass is 16.5. The molecule has 0 aliphatic rings. The topological polar surface area (TPSA) is 56.5 Å². The maximum Gasteiger partial charge on any atom is 0.134 e. The van der Waals surface area contributed by atoms with Crippen LogP contribution in [-0.2, 0) is 13.2 Å². The number of aromatic nitrogens is 2. The van der Waals surface area contributed by atoms with Gasteiger partial charge in [-0.1, -0.05) is 0 Å². The fourth-order valence-corrected chi connectivity index (χ4v) is 1.63. The zero-order chi connectivity index (χ0) is 12.8. The lowest BCUT2D eigenvalue weighted by molar-refractivity contribution is 0.254. The SMILES string of the molecule is COc1ccc(OCCn2ccnc2CO)cc1. The highest BCUT2D eigenvalue weighted by molar-refractivity contribution is 5.31. The summed E-state index contributed by atoms with van der Waals surface area (Å²) in [5.41, 5.74) is 0. The molecule has 5 nitrogen and oxygen atoms in total. The Morgan fingerprint density at radius 1 is 1.22 bits per heavy atom. The van der Waals surface area contributed by atoms with Crippen molar-refractivity contribution in [3.8, 4) is 11.5 Å². The Hall–Kier alpha value is -2.01. The fourth-order valence-electron chi connectivity index (χ4n) is 1.63. The maximum atomic E-state index is 9.04. The van der Waals surface area contributed by atoms with Crippen molar-refractivity contribution in [1.82, 2.24) is 9.55 Å². The van der Waals surface area contributed by atoms with Crippen LogP contribution in [0, 0.1) is 0 Å². The van der Waals surface area contributed by atoms with Gasteiger partial charge in [-0.05, 0) is 24.3 Å². The molecule has 2 rings (SSSR count). The molecule has 0 atom stereocenters. The molecule has 0 saturated carbocycles. The van der Waals surface area contributed by atoms with E-state index in [1.165, 1.54) is 0 Å². The lowest BCUT2D eigenvalue weighted by atomic mass is 10.3. The summed E-state index contributed by atoms with van der Waals surface area (Å²) < 4.78 is 12.5. The summed E-state index contributed by atoms with van der Waals surface area (Å²) in [5.74, 6) is 2.24. The molecule has 1 aromatic heterocycles. The molecule has 0 amide bonds. The van der Waals surface area contributed by atoms with Crippen LogP contribution in [0.5, 0.6) is 11.5 Å². The average Bonchev–Trinajstić information content (AvgIpc) is 2.87. The zero-order valence-corrected chi connectivity index (χ0v) is 10.2. The molecule has 0 saturated heterocycles. The van der Waals surface area contributed by atoms with Crippen LogP contribution < -0.4 is 9.47 Å². The second-order valence-corrected chi connectivity index (χ2v) is 3.72. The largest absolute Gasteiger partial charge is 0.497 e. The van der Waals surface area contributed by atoms with E-state index in [-0.39, 0.29) is 6.61 Å². The smallest absolute Gasteiger partial charge is 0.134 e. The van der Waals surface area contributed by atoms with Gasteiger partial charge in [0.15, 0.2) is 0 Å². The first-order chi connectivity index (χ1) is 8.83. The van der Waals surface area contributed by atoms with Crippen molar-refractivity contribution >= 4 is 0 Å². The molecule has 1 N–H and O–H groups in total. The molecule has 0 aliphatic carbocycles. The van der Waals surface area contributed by atoms with Gasteiger partial charge in [-0.15, -0.1) is 0 Å². The van der Waals surface area contributed by atoms with Crippen LogP contribution in [0.4, 0.5) is 0 Å². The summed E-state index contributed by atoms with van der Waals surface area (Å²) >= 11 is 0. The second kappa shape index (κ2) is 6.07. The number of benzene rings is 1. The average molecular weight is 248 g/mol. The first kappa shape index (κ1) is 12.4. The summed E-state index contributed by atoms with van der Waals surface area (Å²) in [5, 5.41) is 9.04. The van der Waals surface area contributed by atoms with E-state index in [2.05, 4.69) is 4.98 Å². The number of nitrogens with zero attached hydrogens (tertiary/aromatic N) is 2. The number of rotatable bonds is 6. The Morgan fingerprint density at radius 2 is 1.94 bits per heavy atom. The summed E-state index contributed by atoms with van der Waals surface area (Å²) in [7, 11) is 1.63. The molecule has 5 heteroatoms. The molecule has 2 aromatic rings. The molecule has 1 aromatic carbocycles. The summed E-state index contributed by atoms with van der Waals surface area (Å²) in [4.78, 5) is 4.02. The minimum atomic E-state index is -0.0600. The molecular formula is C13H16N2O3. The van der Waals surface area contributed by atoms with Gasteiger partial charge in [-0.2, -0.15) is 0 Å². The second-order valence-electron chi connectivity index (χ2n) is 3.72. The van der Waals surface area contributed by atoms with E-state index >= 15 is 0 Å². The van der Waals surface area contributed by atoms with Crippen molar-refractivity contribution in [1.29, 1.82) is 0 Å². The van der Waals surface area contributed by atoms with E-state index in [1.807, 2.05) is 35.0 Å². The van der Waals surface area contributed by atoms with Crippen molar-refractivity contribution in [2.24, 2.45) is 0 Å². The molecule has 0 fully saturated rings. The lowest BCUT2D eigenvalue weighted by Crippen LogP contribution is -2.10. The summed E-state index contributed by atoms with van der Waals surface area (Å²) in [6.07, 6.45) is 3.49. The normalized spacial score (nSPS) is 10.3. The Kier molecular flexibility index (Phi) is 4.20. The Labute approximate surface area is 106 Å². The van der Waals surface area contributed by atoms with E-state index in [0.29, 0.717) is 19.0 Å². The molecule has 18 heavy (non-hydrogen) atoms. The number of hydrogen-bond acceptors (Lipinski definition) is 4. The van der Waals surface area contributed by atoms with E-state index in [4.69, 9.17) is 14.6 Å². The van der Waals surface area contributed by atoms with Gasteiger partial charge in [0.2, 0.25) is 0 Å². The lowest BCUT2D eigenvalue weighted by Gasteiger charge is -2.09. The Bertz CT molecular complexity index is 479. The van der Waals surface area contributed by atoms with Gasteiger partial charge in [-0.3, -0.25) is 0 Å². The zero-order valence-electron chi connectivity index (χ0n) is 10.2. The Balaban J connectivity index is 1.84. The van der Waals surface area contributed by atoms with Gasteiger partial charge < -0.3 is 19.1 Å². The van der Waals surface area contributed by atoms with Gasteiger partial charge in [0.1, 0.15) is 30.5 Å². The predicted molar refractivity (Wildman–Crippen MR) is 66.6 cm³/mol. The number of hydrogen-bond donors (Lipinski definition) is 1.